The molecule has 1 heterocycles. The second-order valence-corrected chi connectivity index (χ2v) is 3.25. The normalized spacial score (nSPS) is 12.2. The molecule has 3 nitrogen and oxygen atoms in total. The van der Waals surface area contributed by atoms with E-state index >= 15 is 0 Å². The van der Waals surface area contributed by atoms with E-state index in [1.807, 2.05) is 57.2 Å². The third kappa shape index (κ3) is 2.79. The van der Waals surface area contributed by atoms with Gasteiger partial charge in [-0.25, -0.2) is 0 Å². The van der Waals surface area contributed by atoms with Crippen LogP contribution in [-0.2, 0) is 0 Å². The fourth-order valence-corrected chi connectivity index (χ4v) is 1.27. The predicted molar refractivity (Wildman–Crippen MR) is 69.6 cm³/mol. The molecule has 0 saturated heterocycles. The highest BCUT2D eigenvalue weighted by Crippen LogP contribution is 2.10. The summed E-state index contributed by atoms with van der Waals surface area (Å²) in [7, 11) is 0. The van der Waals surface area contributed by atoms with E-state index in [9.17, 15) is 0 Å². The van der Waals surface area contributed by atoms with Crippen LogP contribution in [0, 0.1) is 0 Å². The highest BCUT2D eigenvalue weighted by molar-refractivity contribution is 5.60. The van der Waals surface area contributed by atoms with Crippen LogP contribution in [0.25, 0.3) is 17.8 Å². The smallest absolute Gasteiger partial charge is 0.113 e. The molecule has 1 aromatic heterocycles. The Labute approximate surface area is 96.5 Å². The van der Waals surface area contributed by atoms with Gasteiger partial charge in [-0.2, -0.15) is 4.80 Å². The van der Waals surface area contributed by atoms with Gasteiger partial charge in [-0.3, -0.25) is 0 Å². The quantitative estimate of drug-likeness (QED) is 0.721. The molecule has 0 aliphatic rings. The van der Waals surface area contributed by atoms with E-state index in [1.165, 1.54) is 0 Å². The molecule has 0 aliphatic heterocycles. The monoisotopic (exact) mass is 215 g/mol. The van der Waals surface area contributed by atoms with Crippen LogP contribution in [0.15, 0.2) is 30.9 Å². The van der Waals surface area contributed by atoms with Crippen LogP contribution in [0.3, 0.4) is 0 Å². The third-order valence-electron chi connectivity index (χ3n) is 1.93. The number of nitrogens with zero attached hydrogens (tertiary/aromatic N) is 3. The largest absolute Gasteiger partial charge is 0.151 e. The standard InChI is InChI=1S/C13H17N3/c1-5-8-11(4)16-14-12(9-6-2)13(15-16)10-7-3/h5-10H,4H2,1-3H3/b8-5-,9-6-,10-7-. The van der Waals surface area contributed by atoms with E-state index in [1.54, 1.807) is 4.80 Å². The molecule has 84 valence electrons. The Hall–Kier alpha value is -1.90. The molecule has 0 bridgehead atoms. The first-order valence-electron chi connectivity index (χ1n) is 5.27. The zero-order valence-corrected chi connectivity index (χ0v) is 10.0. The Balaban J connectivity index is 3.15. The second kappa shape index (κ2) is 5.85. The minimum atomic E-state index is 0.754. The Kier molecular flexibility index (Phi) is 4.45. The topological polar surface area (TPSA) is 30.7 Å². The summed E-state index contributed by atoms with van der Waals surface area (Å²) in [5, 5.41) is 8.71. The molecule has 0 atom stereocenters. The Bertz CT molecular complexity index is 418. The van der Waals surface area contributed by atoms with Crippen LogP contribution >= 0.6 is 0 Å². The van der Waals surface area contributed by atoms with E-state index in [0.717, 1.165) is 17.1 Å². The summed E-state index contributed by atoms with van der Waals surface area (Å²) in [4.78, 5) is 1.55. The molecule has 0 spiro atoms. The molecular weight excluding hydrogens is 198 g/mol. The predicted octanol–water partition coefficient (Wildman–Crippen LogP) is 3.39. The maximum Gasteiger partial charge on any atom is 0.113 e. The maximum absolute atomic E-state index is 4.35. The number of hydrogen-bond acceptors (Lipinski definition) is 2. The van der Waals surface area contributed by atoms with Gasteiger partial charge in [0.25, 0.3) is 0 Å². The van der Waals surface area contributed by atoms with Crippen molar-refractivity contribution in [3.8, 4) is 0 Å². The van der Waals surface area contributed by atoms with Gasteiger partial charge in [0.2, 0.25) is 0 Å². The van der Waals surface area contributed by atoms with Crippen molar-refractivity contribution < 1.29 is 0 Å². The summed E-state index contributed by atoms with van der Waals surface area (Å²) in [5.41, 5.74) is 2.46. The number of aromatic nitrogens is 3. The molecule has 3 heteroatoms. The summed E-state index contributed by atoms with van der Waals surface area (Å²) in [6, 6.07) is 0. The molecule has 0 fully saturated rings. The first kappa shape index (κ1) is 12.2. The van der Waals surface area contributed by atoms with Crippen molar-refractivity contribution in [2.45, 2.75) is 20.8 Å². The molecule has 0 radical (unpaired) electrons. The first-order valence-corrected chi connectivity index (χ1v) is 5.27. The zero-order chi connectivity index (χ0) is 12.0. The van der Waals surface area contributed by atoms with Crippen LogP contribution < -0.4 is 0 Å². The highest BCUT2D eigenvalue weighted by atomic mass is 15.5. The lowest BCUT2D eigenvalue weighted by Gasteiger charge is -1.95. The highest BCUT2D eigenvalue weighted by Gasteiger charge is 2.05. The zero-order valence-electron chi connectivity index (χ0n) is 10.0. The number of allylic oxidation sites excluding steroid dienone is 5. The van der Waals surface area contributed by atoms with Crippen LogP contribution in [0.4, 0.5) is 0 Å². The lowest BCUT2D eigenvalue weighted by atomic mass is 10.3. The molecule has 16 heavy (non-hydrogen) atoms. The van der Waals surface area contributed by atoms with Gasteiger partial charge in [-0.15, -0.1) is 10.2 Å². The van der Waals surface area contributed by atoms with Gasteiger partial charge in [-0.05, 0) is 39.0 Å². The van der Waals surface area contributed by atoms with Gasteiger partial charge in [0.05, 0.1) is 5.70 Å². The average Bonchev–Trinajstić information content (AvgIpc) is 2.64. The van der Waals surface area contributed by atoms with Crippen molar-refractivity contribution in [2.75, 3.05) is 0 Å². The van der Waals surface area contributed by atoms with Gasteiger partial charge in [0.15, 0.2) is 0 Å². The van der Waals surface area contributed by atoms with Gasteiger partial charge >= 0.3 is 0 Å². The molecular formula is C13H17N3. The molecule has 0 unspecified atom stereocenters. The second-order valence-electron chi connectivity index (χ2n) is 3.25. The maximum atomic E-state index is 4.35. The summed E-state index contributed by atoms with van der Waals surface area (Å²) >= 11 is 0. The molecule has 0 amide bonds. The van der Waals surface area contributed by atoms with Crippen molar-refractivity contribution in [3.63, 3.8) is 0 Å². The summed E-state index contributed by atoms with van der Waals surface area (Å²) in [5.74, 6) is 0. The van der Waals surface area contributed by atoms with E-state index in [0.29, 0.717) is 0 Å². The third-order valence-corrected chi connectivity index (χ3v) is 1.93. The van der Waals surface area contributed by atoms with Crippen LogP contribution in [0.2, 0.25) is 0 Å². The molecule has 0 aliphatic carbocycles. The fourth-order valence-electron chi connectivity index (χ4n) is 1.27. The molecule has 0 saturated carbocycles. The Morgan fingerprint density at radius 2 is 1.50 bits per heavy atom. The van der Waals surface area contributed by atoms with Gasteiger partial charge < -0.3 is 0 Å². The fraction of sp³-hybridized carbons (Fsp3) is 0.231. The lowest BCUT2D eigenvalue weighted by Crippen LogP contribution is -1.98. The van der Waals surface area contributed by atoms with E-state index in [2.05, 4.69) is 16.8 Å². The van der Waals surface area contributed by atoms with Crippen molar-refractivity contribution in [1.29, 1.82) is 0 Å². The summed E-state index contributed by atoms with van der Waals surface area (Å²) in [6.07, 6.45) is 11.5. The van der Waals surface area contributed by atoms with Crippen LogP contribution in [-0.4, -0.2) is 15.0 Å². The number of rotatable bonds is 4. The van der Waals surface area contributed by atoms with Gasteiger partial charge in [0, 0.05) is 0 Å². The van der Waals surface area contributed by atoms with E-state index in [4.69, 9.17) is 0 Å². The lowest BCUT2D eigenvalue weighted by molar-refractivity contribution is 0.774. The SMILES string of the molecule is C=C(/C=C\C)n1nc(/C=C\C)c(/C=C\C)n1. The van der Waals surface area contributed by atoms with E-state index < -0.39 is 0 Å². The molecule has 0 N–H and O–H groups in total. The van der Waals surface area contributed by atoms with Gasteiger partial charge in [0.1, 0.15) is 11.4 Å². The Morgan fingerprint density at radius 1 is 1.00 bits per heavy atom. The van der Waals surface area contributed by atoms with Crippen LogP contribution in [0.5, 0.6) is 0 Å². The first-order chi connectivity index (χ1) is 7.72. The van der Waals surface area contributed by atoms with E-state index in [-0.39, 0.29) is 0 Å². The van der Waals surface area contributed by atoms with Crippen molar-refractivity contribution in [2.24, 2.45) is 0 Å². The summed E-state index contributed by atoms with van der Waals surface area (Å²) in [6.45, 7) is 9.75. The van der Waals surface area contributed by atoms with Crippen molar-refractivity contribution >= 4 is 17.8 Å². The number of hydrogen-bond donors (Lipinski definition) is 0. The van der Waals surface area contributed by atoms with Crippen molar-refractivity contribution in [3.05, 3.63) is 42.3 Å². The minimum absolute atomic E-state index is 0.754. The van der Waals surface area contributed by atoms with Crippen LogP contribution in [0.1, 0.15) is 32.2 Å². The molecule has 1 rings (SSSR count). The minimum Gasteiger partial charge on any atom is -0.151 e. The van der Waals surface area contributed by atoms with Crippen molar-refractivity contribution in [1.82, 2.24) is 15.0 Å². The molecule has 1 aromatic rings. The summed E-state index contributed by atoms with van der Waals surface area (Å²) < 4.78 is 0. The Morgan fingerprint density at radius 3 is 1.88 bits per heavy atom. The molecule has 0 aromatic carbocycles. The van der Waals surface area contributed by atoms with Gasteiger partial charge in [-0.1, -0.05) is 24.8 Å². The average molecular weight is 215 g/mol.